The van der Waals surface area contributed by atoms with E-state index in [9.17, 15) is 14.4 Å². The Hall–Kier alpha value is -1.83. The highest BCUT2D eigenvalue weighted by molar-refractivity contribution is 5.87. The van der Waals surface area contributed by atoms with E-state index in [2.05, 4.69) is 10.6 Å². The lowest BCUT2D eigenvalue weighted by molar-refractivity contribution is -0.147. The molecule has 0 radical (unpaired) electrons. The number of carbonyl (C=O) groups is 3. The Bertz CT molecular complexity index is 529. The summed E-state index contributed by atoms with van der Waals surface area (Å²) in [6, 6.07) is -0.993. The van der Waals surface area contributed by atoms with Crippen LogP contribution in [0.3, 0.4) is 0 Å². The van der Waals surface area contributed by atoms with Crippen molar-refractivity contribution >= 4 is 18.0 Å². The summed E-state index contributed by atoms with van der Waals surface area (Å²) >= 11 is 0. The maximum absolute atomic E-state index is 12.5. The van der Waals surface area contributed by atoms with Gasteiger partial charge in [-0.2, -0.15) is 0 Å². The lowest BCUT2D eigenvalue weighted by atomic mass is 10.0. The van der Waals surface area contributed by atoms with Gasteiger partial charge in [0.2, 0.25) is 5.91 Å². The molecule has 1 saturated heterocycles. The molecule has 2 amide bonds. The fourth-order valence-electron chi connectivity index (χ4n) is 2.90. The largest absolute Gasteiger partial charge is 0.467 e. The molecule has 1 aliphatic heterocycles. The SMILES string of the molecule is COC(=O)[C@@H](CC(C)C)NC(=O)[C@@H]1CC[C@H]([C@@H](C)NC(=O)OC(C)(C)C)O1. The number of esters is 1. The number of hydrogen-bond donors (Lipinski definition) is 2. The first-order chi connectivity index (χ1) is 12.4. The molecule has 1 heterocycles. The van der Waals surface area contributed by atoms with Crippen LogP contribution >= 0.6 is 0 Å². The summed E-state index contributed by atoms with van der Waals surface area (Å²) in [5.41, 5.74) is -0.581. The molecule has 0 aromatic heterocycles. The zero-order valence-corrected chi connectivity index (χ0v) is 17.5. The van der Waals surface area contributed by atoms with Crippen LogP contribution < -0.4 is 10.6 Å². The molecule has 2 N–H and O–H groups in total. The monoisotopic (exact) mass is 386 g/mol. The minimum Gasteiger partial charge on any atom is -0.467 e. The highest BCUT2D eigenvalue weighted by Crippen LogP contribution is 2.23. The van der Waals surface area contributed by atoms with Crippen molar-refractivity contribution in [2.75, 3.05) is 7.11 Å². The average Bonchev–Trinajstić information content (AvgIpc) is 3.01. The smallest absolute Gasteiger partial charge is 0.407 e. The van der Waals surface area contributed by atoms with E-state index in [0.717, 1.165) is 0 Å². The molecule has 1 aliphatic rings. The summed E-state index contributed by atoms with van der Waals surface area (Å²) in [4.78, 5) is 36.2. The molecule has 0 aromatic carbocycles. The van der Waals surface area contributed by atoms with Gasteiger partial charge in [0.05, 0.1) is 19.3 Å². The summed E-state index contributed by atoms with van der Waals surface area (Å²) in [5, 5.41) is 5.46. The van der Waals surface area contributed by atoms with E-state index < -0.39 is 29.8 Å². The van der Waals surface area contributed by atoms with Gasteiger partial charge >= 0.3 is 12.1 Å². The fourth-order valence-corrected chi connectivity index (χ4v) is 2.90. The van der Waals surface area contributed by atoms with Crippen LogP contribution in [-0.4, -0.2) is 55.0 Å². The van der Waals surface area contributed by atoms with E-state index in [-0.39, 0.29) is 24.0 Å². The van der Waals surface area contributed by atoms with Crippen LogP contribution in [0.25, 0.3) is 0 Å². The molecule has 8 heteroatoms. The van der Waals surface area contributed by atoms with Gasteiger partial charge in [-0.15, -0.1) is 0 Å². The first-order valence-electron chi connectivity index (χ1n) is 9.46. The number of alkyl carbamates (subject to hydrolysis) is 1. The minimum absolute atomic E-state index is 0.227. The minimum atomic E-state index is -0.692. The first-order valence-corrected chi connectivity index (χ1v) is 9.46. The molecule has 0 bridgehead atoms. The Morgan fingerprint density at radius 2 is 1.74 bits per heavy atom. The fraction of sp³-hybridized carbons (Fsp3) is 0.842. The highest BCUT2D eigenvalue weighted by atomic mass is 16.6. The number of hydrogen-bond acceptors (Lipinski definition) is 6. The average molecular weight is 386 g/mol. The molecule has 8 nitrogen and oxygen atoms in total. The van der Waals surface area contributed by atoms with E-state index >= 15 is 0 Å². The van der Waals surface area contributed by atoms with Gasteiger partial charge in [-0.1, -0.05) is 13.8 Å². The van der Waals surface area contributed by atoms with E-state index in [1.807, 2.05) is 20.8 Å². The van der Waals surface area contributed by atoms with Crippen molar-refractivity contribution in [3.8, 4) is 0 Å². The predicted molar refractivity (Wildman–Crippen MR) is 100 cm³/mol. The lowest BCUT2D eigenvalue weighted by Crippen LogP contribution is -2.47. The van der Waals surface area contributed by atoms with E-state index in [1.165, 1.54) is 7.11 Å². The predicted octanol–water partition coefficient (Wildman–Crippen LogP) is 2.15. The number of rotatable bonds is 7. The molecule has 1 fully saturated rings. The van der Waals surface area contributed by atoms with Gasteiger partial charge in [0.1, 0.15) is 17.7 Å². The maximum Gasteiger partial charge on any atom is 0.407 e. The van der Waals surface area contributed by atoms with Gasteiger partial charge in [0.15, 0.2) is 0 Å². The summed E-state index contributed by atoms with van der Waals surface area (Å²) in [7, 11) is 1.30. The summed E-state index contributed by atoms with van der Waals surface area (Å²) in [6.45, 7) is 11.1. The van der Waals surface area contributed by atoms with Gasteiger partial charge in [-0.3, -0.25) is 4.79 Å². The molecule has 0 unspecified atom stereocenters. The Balaban J connectivity index is 2.56. The third-order valence-corrected chi connectivity index (χ3v) is 4.16. The van der Waals surface area contributed by atoms with Crippen molar-refractivity contribution in [2.24, 2.45) is 5.92 Å². The van der Waals surface area contributed by atoms with Gasteiger partial charge < -0.3 is 24.8 Å². The van der Waals surface area contributed by atoms with Crippen LogP contribution in [0, 0.1) is 5.92 Å². The summed E-state index contributed by atoms with van der Waals surface area (Å²) in [6.07, 6.45) is 0.168. The summed E-state index contributed by atoms with van der Waals surface area (Å²) < 4.78 is 15.8. The van der Waals surface area contributed by atoms with Crippen LogP contribution in [0.15, 0.2) is 0 Å². The van der Waals surface area contributed by atoms with Crippen LogP contribution in [0.4, 0.5) is 4.79 Å². The quantitative estimate of drug-likeness (QED) is 0.650. The van der Waals surface area contributed by atoms with Crippen LogP contribution in [0.5, 0.6) is 0 Å². The third kappa shape index (κ3) is 8.15. The van der Waals surface area contributed by atoms with Gasteiger partial charge in [-0.25, -0.2) is 9.59 Å². The second-order valence-electron chi connectivity index (χ2n) is 8.39. The Morgan fingerprint density at radius 1 is 1.11 bits per heavy atom. The zero-order valence-electron chi connectivity index (χ0n) is 17.5. The highest BCUT2D eigenvalue weighted by Gasteiger charge is 2.36. The van der Waals surface area contributed by atoms with Crippen LogP contribution in [-0.2, 0) is 23.8 Å². The van der Waals surface area contributed by atoms with Crippen molar-refractivity contribution in [1.82, 2.24) is 10.6 Å². The van der Waals surface area contributed by atoms with Crippen molar-refractivity contribution in [2.45, 2.75) is 90.7 Å². The number of methoxy groups -OCH3 is 1. The number of nitrogens with one attached hydrogen (secondary N) is 2. The lowest BCUT2D eigenvalue weighted by Gasteiger charge is -2.25. The maximum atomic E-state index is 12.5. The number of carbonyl (C=O) groups excluding carboxylic acids is 3. The van der Waals surface area contributed by atoms with Gasteiger partial charge in [0.25, 0.3) is 0 Å². The third-order valence-electron chi connectivity index (χ3n) is 4.16. The molecule has 0 aliphatic carbocycles. The van der Waals surface area contributed by atoms with Crippen molar-refractivity contribution in [1.29, 1.82) is 0 Å². The molecular formula is C19H34N2O6. The molecule has 27 heavy (non-hydrogen) atoms. The Labute approximate surface area is 161 Å². The van der Waals surface area contributed by atoms with E-state index in [1.54, 1.807) is 20.8 Å². The number of amides is 2. The Morgan fingerprint density at radius 3 is 2.26 bits per heavy atom. The number of ether oxygens (including phenoxy) is 3. The normalized spacial score (nSPS) is 22.1. The molecule has 4 atom stereocenters. The second kappa shape index (κ2) is 9.92. The van der Waals surface area contributed by atoms with Gasteiger partial charge in [0, 0.05) is 0 Å². The topological polar surface area (TPSA) is 103 Å². The molecule has 1 rings (SSSR count). The van der Waals surface area contributed by atoms with Gasteiger partial charge in [-0.05, 0) is 52.9 Å². The van der Waals surface area contributed by atoms with Crippen molar-refractivity contribution in [3.63, 3.8) is 0 Å². The van der Waals surface area contributed by atoms with E-state index in [0.29, 0.717) is 19.3 Å². The summed E-state index contributed by atoms with van der Waals surface area (Å²) in [5.74, 6) is -0.575. The zero-order chi connectivity index (χ0) is 20.8. The van der Waals surface area contributed by atoms with E-state index in [4.69, 9.17) is 14.2 Å². The van der Waals surface area contributed by atoms with Crippen molar-refractivity contribution < 1.29 is 28.6 Å². The molecular weight excluding hydrogens is 352 g/mol. The standard InChI is InChI=1S/C19H34N2O6/c1-11(2)10-13(17(23)25-7)21-16(22)15-9-8-14(26-15)12(3)20-18(24)27-19(4,5)6/h11-15H,8-10H2,1-7H3,(H,20,24)(H,21,22)/t12-,13-,14-,15+/m1/s1. The first kappa shape index (κ1) is 23.2. The molecule has 0 aromatic rings. The second-order valence-corrected chi connectivity index (χ2v) is 8.39. The molecule has 0 saturated carbocycles. The van der Waals surface area contributed by atoms with Crippen molar-refractivity contribution in [3.05, 3.63) is 0 Å². The van der Waals surface area contributed by atoms with Crippen LogP contribution in [0.1, 0.15) is 60.8 Å². The van der Waals surface area contributed by atoms with Crippen LogP contribution in [0.2, 0.25) is 0 Å². The molecule has 156 valence electrons. The molecule has 0 spiro atoms. The Kier molecular flexibility index (Phi) is 8.53.